The van der Waals surface area contributed by atoms with Crippen molar-refractivity contribution in [2.24, 2.45) is 0 Å². The van der Waals surface area contributed by atoms with Gasteiger partial charge >= 0.3 is 0 Å². The first-order chi connectivity index (χ1) is 13.5. The molecule has 7 heteroatoms. The van der Waals surface area contributed by atoms with Crippen molar-refractivity contribution in [2.75, 3.05) is 13.1 Å². The first-order valence-corrected chi connectivity index (χ1v) is 9.91. The fourth-order valence-electron chi connectivity index (χ4n) is 3.53. The number of carbonyl (C=O) groups is 1. The fourth-order valence-corrected chi connectivity index (χ4v) is 4.05. The van der Waals surface area contributed by atoms with E-state index in [2.05, 4.69) is 10.1 Å². The highest BCUT2D eigenvalue weighted by atomic mass is 35.5. The maximum Gasteiger partial charge on any atom is 0.253 e. The Morgan fingerprint density at radius 1 is 1.18 bits per heavy atom. The number of piperidine rings is 1. The van der Waals surface area contributed by atoms with Gasteiger partial charge in [-0.2, -0.15) is 4.98 Å². The van der Waals surface area contributed by atoms with Crippen LogP contribution in [0, 0.1) is 6.92 Å². The van der Waals surface area contributed by atoms with Crippen molar-refractivity contribution in [3.8, 4) is 11.4 Å². The average molecular weight is 416 g/mol. The Bertz CT molecular complexity index is 998. The molecule has 1 saturated heterocycles. The van der Waals surface area contributed by atoms with E-state index in [0.29, 0.717) is 40.4 Å². The molecule has 1 atom stereocenters. The zero-order chi connectivity index (χ0) is 19.7. The molecule has 0 saturated carbocycles. The lowest BCUT2D eigenvalue weighted by Gasteiger charge is -2.31. The number of likely N-dealkylation sites (tertiary alicyclic amines) is 1. The molecule has 1 aliphatic rings. The van der Waals surface area contributed by atoms with Gasteiger partial charge in [-0.3, -0.25) is 4.79 Å². The molecule has 2 heterocycles. The number of carbonyl (C=O) groups excluding carboxylic acids is 1. The Morgan fingerprint density at radius 3 is 2.71 bits per heavy atom. The number of amides is 1. The standard InChI is InChI=1S/C21H19Cl2N3O2/c1-13-4-2-5-14(8-13)19-24-20(28-25-19)15-6-3-7-26(12-15)21(27)16-9-17(22)11-18(23)10-16/h2,4-5,8-11,15H,3,6-7,12H2,1H3/t15-/m1/s1. The van der Waals surface area contributed by atoms with Gasteiger partial charge in [0.2, 0.25) is 11.7 Å². The first-order valence-electron chi connectivity index (χ1n) is 9.15. The van der Waals surface area contributed by atoms with E-state index in [1.807, 2.05) is 31.2 Å². The summed E-state index contributed by atoms with van der Waals surface area (Å²) in [6, 6.07) is 12.9. The molecule has 4 rings (SSSR count). The molecule has 0 spiro atoms. The quantitative estimate of drug-likeness (QED) is 0.576. The van der Waals surface area contributed by atoms with Crippen LogP contribution in [0.15, 0.2) is 47.0 Å². The molecule has 1 aromatic heterocycles. The number of hydrogen-bond acceptors (Lipinski definition) is 4. The average Bonchev–Trinajstić information content (AvgIpc) is 3.17. The number of nitrogens with zero attached hydrogens (tertiary/aromatic N) is 3. The van der Waals surface area contributed by atoms with Gasteiger partial charge in [0.15, 0.2) is 0 Å². The van der Waals surface area contributed by atoms with Gasteiger partial charge in [0.25, 0.3) is 5.91 Å². The minimum absolute atomic E-state index is 0.0124. The van der Waals surface area contributed by atoms with Crippen molar-refractivity contribution in [2.45, 2.75) is 25.7 Å². The summed E-state index contributed by atoms with van der Waals surface area (Å²) >= 11 is 12.1. The molecular formula is C21H19Cl2N3O2. The van der Waals surface area contributed by atoms with Gasteiger partial charge in [-0.05, 0) is 44.0 Å². The molecule has 1 aliphatic heterocycles. The van der Waals surface area contributed by atoms with E-state index in [1.54, 1.807) is 23.1 Å². The predicted molar refractivity (Wildman–Crippen MR) is 109 cm³/mol. The Labute approximate surface area is 173 Å². The normalized spacial score (nSPS) is 17.0. The molecule has 1 amide bonds. The number of aryl methyl sites for hydroxylation is 1. The van der Waals surface area contributed by atoms with Gasteiger partial charge in [-0.1, -0.05) is 52.1 Å². The summed E-state index contributed by atoms with van der Waals surface area (Å²) < 4.78 is 5.53. The van der Waals surface area contributed by atoms with Crippen LogP contribution in [0.5, 0.6) is 0 Å². The Balaban J connectivity index is 1.52. The maximum atomic E-state index is 12.9. The SMILES string of the molecule is Cc1cccc(-c2noc([C@@H]3CCCN(C(=O)c4cc(Cl)cc(Cl)c4)C3)n2)c1. The summed E-state index contributed by atoms with van der Waals surface area (Å²) in [5.41, 5.74) is 2.55. The van der Waals surface area contributed by atoms with E-state index in [4.69, 9.17) is 27.7 Å². The van der Waals surface area contributed by atoms with Crippen molar-refractivity contribution in [1.29, 1.82) is 0 Å². The maximum absolute atomic E-state index is 12.9. The van der Waals surface area contributed by atoms with Crippen LogP contribution in [0.1, 0.15) is 40.6 Å². The second kappa shape index (κ2) is 7.94. The molecule has 1 fully saturated rings. The summed E-state index contributed by atoms with van der Waals surface area (Å²) in [5, 5.41) is 5.03. The number of hydrogen-bond donors (Lipinski definition) is 0. The molecule has 0 N–H and O–H groups in total. The number of benzene rings is 2. The Kier molecular flexibility index (Phi) is 5.38. The van der Waals surface area contributed by atoms with E-state index < -0.39 is 0 Å². The lowest BCUT2D eigenvalue weighted by atomic mass is 9.97. The van der Waals surface area contributed by atoms with Crippen LogP contribution in [0.25, 0.3) is 11.4 Å². The molecule has 144 valence electrons. The van der Waals surface area contributed by atoms with Crippen molar-refractivity contribution >= 4 is 29.1 Å². The summed E-state index contributed by atoms with van der Waals surface area (Å²) in [5.74, 6) is 1.06. The van der Waals surface area contributed by atoms with Gasteiger partial charge < -0.3 is 9.42 Å². The summed E-state index contributed by atoms with van der Waals surface area (Å²) in [4.78, 5) is 19.3. The zero-order valence-corrected chi connectivity index (χ0v) is 16.9. The van der Waals surface area contributed by atoms with Crippen LogP contribution in [0.3, 0.4) is 0 Å². The second-order valence-electron chi connectivity index (χ2n) is 7.07. The Morgan fingerprint density at radius 2 is 1.96 bits per heavy atom. The fraction of sp³-hybridized carbons (Fsp3) is 0.286. The number of aromatic nitrogens is 2. The largest absolute Gasteiger partial charge is 0.339 e. The van der Waals surface area contributed by atoms with E-state index in [1.165, 1.54) is 0 Å². The smallest absolute Gasteiger partial charge is 0.253 e. The van der Waals surface area contributed by atoms with Crippen LogP contribution in [-0.4, -0.2) is 34.0 Å². The van der Waals surface area contributed by atoms with Crippen molar-refractivity contribution in [3.05, 3.63) is 69.5 Å². The van der Waals surface area contributed by atoms with Gasteiger partial charge in [0, 0.05) is 34.3 Å². The summed E-state index contributed by atoms with van der Waals surface area (Å²) in [7, 11) is 0. The number of halogens is 2. The van der Waals surface area contributed by atoms with Crippen molar-refractivity contribution < 1.29 is 9.32 Å². The highest BCUT2D eigenvalue weighted by molar-refractivity contribution is 6.35. The molecule has 3 aromatic rings. The molecule has 0 radical (unpaired) electrons. The highest BCUT2D eigenvalue weighted by Gasteiger charge is 2.29. The van der Waals surface area contributed by atoms with Crippen LogP contribution in [0.4, 0.5) is 0 Å². The van der Waals surface area contributed by atoms with E-state index >= 15 is 0 Å². The molecule has 5 nitrogen and oxygen atoms in total. The first kappa shape index (κ1) is 19.0. The van der Waals surface area contributed by atoms with Crippen LogP contribution in [-0.2, 0) is 0 Å². The molecule has 0 unspecified atom stereocenters. The van der Waals surface area contributed by atoms with Crippen LogP contribution >= 0.6 is 23.2 Å². The number of rotatable bonds is 3. The van der Waals surface area contributed by atoms with E-state index in [9.17, 15) is 4.79 Å². The predicted octanol–water partition coefficient (Wildman–Crippen LogP) is 5.37. The van der Waals surface area contributed by atoms with E-state index in [0.717, 1.165) is 24.0 Å². The van der Waals surface area contributed by atoms with Gasteiger partial charge in [-0.15, -0.1) is 0 Å². The lowest BCUT2D eigenvalue weighted by molar-refractivity contribution is 0.0695. The van der Waals surface area contributed by atoms with E-state index in [-0.39, 0.29) is 11.8 Å². The minimum Gasteiger partial charge on any atom is -0.339 e. The van der Waals surface area contributed by atoms with Crippen molar-refractivity contribution in [1.82, 2.24) is 15.0 Å². The topological polar surface area (TPSA) is 59.2 Å². The van der Waals surface area contributed by atoms with Crippen LogP contribution < -0.4 is 0 Å². The summed E-state index contributed by atoms with van der Waals surface area (Å²) in [6.45, 7) is 3.23. The van der Waals surface area contributed by atoms with Gasteiger partial charge in [0.1, 0.15) is 0 Å². The third-order valence-corrected chi connectivity index (χ3v) is 5.32. The monoisotopic (exact) mass is 415 g/mol. The van der Waals surface area contributed by atoms with Crippen molar-refractivity contribution in [3.63, 3.8) is 0 Å². The second-order valence-corrected chi connectivity index (χ2v) is 7.95. The molecule has 2 aromatic carbocycles. The zero-order valence-electron chi connectivity index (χ0n) is 15.4. The lowest BCUT2D eigenvalue weighted by Crippen LogP contribution is -2.39. The third kappa shape index (κ3) is 4.05. The van der Waals surface area contributed by atoms with Gasteiger partial charge in [-0.25, -0.2) is 0 Å². The highest BCUT2D eigenvalue weighted by Crippen LogP contribution is 2.29. The minimum atomic E-state index is -0.0903. The Hall–Kier alpha value is -2.37. The summed E-state index contributed by atoms with van der Waals surface area (Å²) in [6.07, 6.45) is 1.77. The van der Waals surface area contributed by atoms with Crippen LogP contribution in [0.2, 0.25) is 10.0 Å². The van der Waals surface area contributed by atoms with Gasteiger partial charge in [0.05, 0.1) is 5.92 Å². The third-order valence-electron chi connectivity index (χ3n) is 4.89. The molecular weight excluding hydrogens is 397 g/mol. The molecule has 0 bridgehead atoms. The molecule has 28 heavy (non-hydrogen) atoms. The molecule has 0 aliphatic carbocycles.